The Morgan fingerprint density at radius 2 is 2.19 bits per heavy atom. The van der Waals surface area contributed by atoms with Gasteiger partial charge in [-0.2, -0.15) is 0 Å². The first-order valence-electron chi connectivity index (χ1n) is 7.16. The number of nitrogens with zero attached hydrogens (tertiary/aromatic N) is 1. The zero-order valence-electron chi connectivity index (χ0n) is 12.8. The summed E-state index contributed by atoms with van der Waals surface area (Å²) in [5.41, 5.74) is 1.62. The lowest BCUT2D eigenvalue weighted by atomic mass is 10.1. The van der Waals surface area contributed by atoms with Gasteiger partial charge in [0, 0.05) is 30.0 Å². The van der Waals surface area contributed by atoms with Crippen LogP contribution in [0.25, 0.3) is 0 Å². The maximum absolute atomic E-state index is 12.2. The highest BCUT2D eigenvalue weighted by Gasteiger charge is 2.39. The highest BCUT2D eigenvalue weighted by atomic mass is 32.2. The zero-order chi connectivity index (χ0) is 15.6. The molecule has 0 amide bonds. The van der Waals surface area contributed by atoms with Crippen molar-refractivity contribution in [2.75, 3.05) is 18.9 Å². The average molecular weight is 311 g/mol. The molecule has 21 heavy (non-hydrogen) atoms. The Balaban J connectivity index is 2.20. The third kappa shape index (κ3) is 3.43. The van der Waals surface area contributed by atoms with E-state index in [1.807, 2.05) is 25.7 Å². The summed E-state index contributed by atoms with van der Waals surface area (Å²) in [6.45, 7) is 8.54. The van der Waals surface area contributed by atoms with Gasteiger partial charge in [0.1, 0.15) is 0 Å². The molecule has 0 N–H and O–H groups in total. The Kier molecular flexibility index (Phi) is 4.98. The molecule has 2 aliphatic rings. The van der Waals surface area contributed by atoms with Crippen LogP contribution in [0.15, 0.2) is 22.4 Å². The van der Waals surface area contributed by atoms with Crippen molar-refractivity contribution in [2.24, 2.45) is 5.92 Å². The lowest BCUT2D eigenvalue weighted by Crippen LogP contribution is -2.19. The fourth-order valence-corrected chi connectivity index (χ4v) is 3.74. The van der Waals surface area contributed by atoms with E-state index in [-0.39, 0.29) is 24.0 Å². The number of carbonyl (C=O) groups excluding carboxylic acids is 2. The molecule has 1 saturated heterocycles. The van der Waals surface area contributed by atoms with E-state index in [4.69, 9.17) is 9.47 Å². The van der Waals surface area contributed by atoms with E-state index in [2.05, 4.69) is 0 Å². The van der Waals surface area contributed by atoms with Crippen LogP contribution in [-0.2, 0) is 19.1 Å². The molecule has 116 valence electrons. The topological polar surface area (TPSA) is 55.8 Å². The average Bonchev–Trinajstić information content (AvgIpc) is 2.88. The van der Waals surface area contributed by atoms with Gasteiger partial charge in [-0.3, -0.25) is 0 Å². The molecule has 0 bridgehead atoms. The van der Waals surface area contributed by atoms with Gasteiger partial charge in [-0.25, -0.2) is 9.59 Å². The van der Waals surface area contributed by atoms with Crippen molar-refractivity contribution >= 4 is 23.7 Å². The van der Waals surface area contributed by atoms with E-state index in [1.165, 1.54) is 6.08 Å². The largest absolute Gasteiger partial charge is 0.463 e. The Bertz CT molecular complexity index is 510. The van der Waals surface area contributed by atoms with Crippen LogP contribution in [0.4, 0.5) is 0 Å². The zero-order valence-corrected chi connectivity index (χ0v) is 13.7. The van der Waals surface area contributed by atoms with E-state index in [0.717, 1.165) is 16.3 Å². The van der Waals surface area contributed by atoms with Crippen LogP contribution in [0.1, 0.15) is 27.7 Å². The minimum atomic E-state index is -0.333. The van der Waals surface area contributed by atoms with Gasteiger partial charge >= 0.3 is 11.9 Å². The number of thioether (sulfide) groups is 1. The molecule has 0 aromatic heterocycles. The van der Waals surface area contributed by atoms with E-state index in [1.54, 1.807) is 18.7 Å². The normalized spacial score (nSPS) is 23.0. The Labute approximate surface area is 129 Å². The van der Waals surface area contributed by atoms with E-state index < -0.39 is 0 Å². The maximum atomic E-state index is 12.2. The molecule has 0 spiro atoms. The summed E-state index contributed by atoms with van der Waals surface area (Å²) in [6.07, 6.45) is 1.39. The predicted molar refractivity (Wildman–Crippen MR) is 81.3 cm³/mol. The van der Waals surface area contributed by atoms with Crippen molar-refractivity contribution < 1.29 is 19.1 Å². The van der Waals surface area contributed by atoms with E-state index >= 15 is 0 Å². The van der Waals surface area contributed by atoms with Gasteiger partial charge in [0.25, 0.3) is 0 Å². The molecule has 0 aliphatic carbocycles. The quantitative estimate of drug-likeness (QED) is 0.586. The summed E-state index contributed by atoms with van der Waals surface area (Å²) >= 11 is 1.58. The summed E-state index contributed by atoms with van der Waals surface area (Å²) in [4.78, 5) is 25.8. The molecule has 2 aliphatic heterocycles. The van der Waals surface area contributed by atoms with Crippen LogP contribution >= 0.6 is 11.8 Å². The van der Waals surface area contributed by atoms with E-state index in [0.29, 0.717) is 18.9 Å². The molecular formula is C15H21NO4S. The minimum absolute atomic E-state index is 0.102. The maximum Gasteiger partial charge on any atom is 0.337 e. The van der Waals surface area contributed by atoms with Crippen LogP contribution in [0.3, 0.4) is 0 Å². The number of hydrogen-bond donors (Lipinski definition) is 0. The standard InChI is InChI=1S/C15H21NO4S/c1-5-19-12(17)6-11-8-21-14-13(10(4)7-16(11)14)15(18)20-9(2)3/h6,9-10H,5,7-8H2,1-4H3/b11-6+. The molecule has 0 aromatic carbocycles. The number of carbonyl (C=O) groups is 2. The van der Waals surface area contributed by atoms with Crippen LogP contribution in [0.2, 0.25) is 0 Å². The van der Waals surface area contributed by atoms with Crippen molar-refractivity contribution in [1.82, 2.24) is 4.90 Å². The molecule has 1 atom stereocenters. The van der Waals surface area contributed by atoms with Gasteiger partial charge in [-0.1, -0.05) is 6.92 Å². The lowest BCUT2D eigenvalue weighted by Gasteiger charge is -2.15. The van der Waals surface area contributed by atoms with Crippen molar-refractivity contribution in [3.8, 4) is 0 Å². The number of esters is 2. The molecule has 5 nitrogen and oxygen atoms in total. The Morgan fingerprint density at radius 1 is 1.48 bits per heavy atom. The second kappa shape index (κ2) is 6.56. The van der Waals surface area contributed by atoms with Gasteiger partial charge in [0.15, 0.2) is 0 Å². The van der Waals surface area contributed by atoms with Crippen molar-refractivity contribution in [1.29, 1.82) is 0 Å². The first-order chi connectivity index (χ1) is 9.93. The highest BCUT2D eigenvalue weighted by molar-refractivity contribution is 8.03. The number of fused-ring (bicyclic) bond motifs is 1. The lowest BCUT2D eigenvalue weighted by molar-refractivity contribution is -0.143. The van der Waals surface area contributed by atoms with Crippen molar-refractivity contribution in [3.63, 3.8) is 0 Å². The molecule has 0 saturated carbocycles. The SMILES string of the molecule is CCOC(=O)/C=C1\CSC2=C(C(=O)OC(C)C)C(C)CN21. The smallest absolute Gasteiger partial charge is 0.337 e. The fourth-order valence-electron chi connectivity index (χ4n) is 2.43. The van der Waals surface area contributed by atoms with E-state index in [9.17, 15) is 9.59 Å². The summed E-state index contributed by atoms with van der Waals surface area (Å²) in [5.74, 6) is 0.198. The van der Waals surface area contributed by atoms with Crippen molar-refractivity contribution in [3.05, 3.63) is 22.4 Å². The predicted octanol–water partition coefficient (Wildman–Crippen LogP) is 2.30. The summed E-state index contributed by atoms with van der Waals surface area (Å²) in [6, 6.07) is 0. The van der Waals surface area contributed by atoms with Gasteiger partial charge in [0.2, 0.25) is 0 Å². The highest BCUT2D eigenvalue weighted by Crippen LogP contribution is 2.45. The van der Waals surface area contributed by atoms with Crippen molar-refractivity contribution in [2.45, 2.75) is 33.8 Å². The number of rotatable bonds is 4. The van der Waals surface area contributed by atoms with Crippen LogP contribution in [-0.4, -0.2) is 41.8 Å². The third-order valence-electron chi connectivity index (χ3n) is 3.26. The second-order valence-corrected chi connectivity index (χ2v) is 6.32. The number of hydrogen-bond acceptors (Lipinski definition) is 6. The number of ether oxygens (including phenoxy) is 2. The monoisotopic (exact) mass is 311 g/mol. The van der Waals surface area contributed by atoms with Gasteiger partial charge < -0.3 is 14.4 Å². The fraction of sp³-hybridized carbons (Fsp3) is 0.600. The Morgan fingerprint density at radius 3 is 2.81 bits per heavy atom. The second-order valence-electron chi connectivity index (χ2n) is 5.36. The van der Waals surface area contributed by atoms with Gasteiger partial charge in [-0.15, -0.1) is 11.8 Å². The Hall–Kier alpha value is -1.43. The molecule has 0 aromatic rings. The third-order valence-corrected chi connectivity index (χ3v) is 4.42. The summed E-state index contributed by atoms with van der Waals surface area (Å²) in [7, 11) is 0. The molecule has 6 heteroatoms. The van der Waals surface area contributed by atoms with Gasteiger partial charge in [0.05, 0.1) is 23.3 Å². The van der Waals surface area contributed by atoms with Gasteiger partial charge in [-0.05, 0) is 20.8 Å². The summed E-state index contributed by atoms with van der Waals surface area (Å²) < 4.78 is 10.3. The van der Waals surface area contributed by atoms with Crippen LogP contribution in [0.5, 0.6) is 0 Å². The molecule has 0 radical (unpaired) electrons. The first kappa shape index (κ1) is 15.9. The summed E-state index contributed by atoms with van der Waals surface area (Å²) in [5, 5.41) is 0.920. The molecular weight excluding hydrogens is 290 g/mol. The van der Waals surface area contributed by atoms with Crippen LogP contribution < -0.4 is 0 Å². The molecule has 2 heterocycles. The molecule has 1 unspecified atom stereocenters. The molecule has 2 rings (SSSR count). The molecule has 1 fully saturated rings. The van der Waals surface area contributed by atoms with Crippen LogP contribution in [0, 0.1) is 5.92 Å². The minimum Gasteiger partial charge on any atom is -0.463 e. The first-order valence-corrected chi connectivity index (χ1v) is 8.15.